The van der Waals surface area contributed by atoms with Gasteiger partial charge in [0.2, 0.25) is 27.6 Å². The highest BCUT2D eigenvalue weighted by Crippen LogP contribution is 2.27. The van der Waals surface area contributed by atoms with E-state index in [0.29, 0.717) is 63.0 Å². The van der Waals surface area contributed by atoms with E-state index in [1.807, 2.05) is 0 Å². The molecule has 0 spiro atoms. The molecule has 4 heterocycles. The fourth-order valence-corrected chi connectivity index (χ4v) is 8.47. The number of unbranched alkanes of at least 4 members (excludes halogenated alkanes) is 1. The van der Waals surface area contributed by atoms with Crippen LogP contribution in [0, 0.1) is 0 Å². The molecule has 19 nitrogen and oxygen atoms in total. The van der Waals surface area contributed by atoms with Crippen LogP contribution in [0.15, 0.2) is 40.3 Å². The number of aromatic nitrogens is 1. The van der Waals surface area contributed by atoms with Gasteiger partial charge in [-0.2, -0.15) is 0 Å². The second kappa shape index (κ2) is 21.6. The summed E-state index contributed by atoms with van der Waals surface area (Å²) < 4.78 is 50.3. The van der Waals surface area contributed by atoms with E-state index in [0.717, 1.165) is 31.1 Å². The molecule has 3 fully saturated rings. The third-order valence-electron chi connectivity index (χ3n) is 10.8. The predicted octanol–water partition coefficient (Wildman–Crippen LogP) is 5.05. The zero-order valence-electron chi connectivity index (χ0n) is 38.1. The Balaban J connectivity index is 1.36. The highest BCUT2D eigenvalue weighted by atomic mass is 32.2. The molecule has 1 aromatic heterocycles. The van der Waals surface area contributed by atoms with Crippen LogP contribution in [-0.2, 0) is 33.8 Å². The van der Waals surface area contributed by atoms with Crippen molar-refractivity contribution >= 4 is 57.0 Å². The van der Waals surface area contributed by atoms with Crippen molar-refractivity contribution in [2.75, 3.05) is 45.5 Å². The van der Waals surface area contributed by atoms with Crippen LogP contribution in [0.4, 0.5) is 14.4 Å². The summed E-state index contributed by atoms with van der Waals surface area (Å²) in [6, 6.07) is 3.02. The third kappa shape index (κ3) is 15.2. The van der Waals surface area contributed by atoms with Gasteiger partial charge in [0.25, 0.3) is 5.89 Å². The molecule has 2 aromatic rings. The van der Waals surface area contributed by atoms with Crippen molar-refractivity contribution in [2.45, 2.75) is 141 Å². The molecule has 3 aliphatic rings. The molecule has 354 valence electrons. The Morgan fingerprint density at radius 3 is 2.17 bits per heavy atom. The molecule has 5 amide bonds. The summed E-state index contributed by atoms with van der Waals surface area (Å²) in [5.74, 6) is -2.29. The second-order valence-corrected chi connectivity index (χ2v) is 20.4. The van der Waals surface area contributed by atoms with Crippen LogP contribution < -0.4 is 15.4 Å². The largest absolute Gasteiger partial charge is 0.444 e. The lowest BCUT2D eigenvalue weighted by molar-refractivity contribution is -0.139. The van der Waals surface area contributed by atoms with Crippen molar-refractivity contribution in [1.29, 1.82) is 0 Å². The summed E-state index contributed by atoms with van der Waals surface area (Å²) >= 11 is 0. The van der Waals surface area contributed by atoms with Crippen molar-refractivity contribution in [3.8, 4) is 0 Å². The molecule has 0 unspecified atom stereocenters. The summed E-state index contributed by atoms with van der Waals surface area (Å²) in [4.78, 5) is 90.1. The second-order valence-electron chi connectivity index (χ2n) is 18.6. The average molecular weight is 916 g/mol. The van der Waals surface area contributed by atoms with E-state index in [1.165, 1.54) is 4.90 Å². The molecule has 5 rings (SSSR count). The first-order valence-electron chi connectivity index (χ1n) is 22.1. The molecule has 64 heavy (non-hydrogen) atoms. The number of piperidine rings is 2. The number of benzene rings is 1. The molecule has 4 atom stereocenters. The number of nitrogens with zero attached hydrogens (tertiary/aromatic N) is 4. The van der Waals surface area contributed by atoms with Gasteiger partial charge in [-0.1, -0.05) is 23.8 Å². The van der Waals surface area contributed by atoms with Gasteiger partial charge in [0.05, 0.1) is 18.8 Å². The zero-order valence-corrected chi connectivity index (χ0v) is 38.9. The number of para-hydroxylation sites is 2. The third-order valence-corrected chi connectivity index (χ3v) is 11.5. The van der Waals surface area contributed by atoms with Crippen LogP contribution >= 0.6 is 0 Å². The number of carbonyl (C=O) groups excluding carboxylic acids is 6. The maximum atomic E-state index is 14.6. The summed E-state index contributed by atoms with van der Waals surface area (Å²) in [6.07, 6.45) is 4.47. The number of hydrogen-bond acceptors (Lipinski definition) is 13. The van der Waals surface area contributed by atoms with Crippen LogP contribution in [0.5, 0.6) is 0 Å². The standard InChI is InChI=1S/C44H65N7O12S/c1-43(2,3)62-40(55)45-22-12-11-16-32(36(52)38-47-31-15-9-10-17-35(31)61-38)46-37(53)34-27-30(60-41(56)49-23-13-8-14-24-49)28-51(34)39(54)33(48-64(7,58)59)19-18-29-20-25-50(26-21-29)42(57)63-44(4,5)6/h9-10,15,17-18,30,32-34,48H,8,11-14,16,19-28H2,1-7H3,(H,45,55)(H,46,53)/t30-,32+,33-,34+/m1/s1. The Morgan fingerprint density at radius 2 is 1.53 bits per heavy atom. The molecule has 3 aliphatic heterocycles. The van der Waals surface area contributed by atoms with Crippen LogP contribution in [0.1, 0.15) is 116 Å². The van der Waals surface area contributed by atoms with E-state index >= 15 is 0 Å². The van der Waals surface area contributed by atoms with Gasteiger partial charge in [-0.05, 0) is 111 Å². The van der Waals surface area contributed by atoms with Crippen molar-refractivity contribution in [3.05, 3.63) is 41.8 Å². The molecule has 0 aliphatic carbocycles. The summed E-state index contributed by atoms with van der Waals surface area (Å²) in [7, 11) is -3.96. The van der Waals surface area contributed by atoms with Crippen molar-refractivity contribution in [1.82, 2.24) is 35.0 Å². The molecule has 1 aromatic carbocycles. The lowest BCUT2D eigenvalue weighted by Gasteiger charge is -2.31. The number of oxazole rings is 1. The molecule has 0 radical (unpaired) electrons. The maximum absolute atomic E-state index is 14.6. The monoisotopic (exact) mass is 915 g/mol. The van der Waals surface area contributed by atoms with E-state index < -0.39 is 81.3 Å². The Bertz CT molecular complexity index is 2100. The average Bonchev–Trinajstić information content (AvgIpc) is 3.85. The van der Waals surface area contributed by atoms with Gasteiger partial charge in [-0.3, -0.25) is 14.4 Å². The smallest absolute Gasteiger partial charge is 0.410 e. The molecular formula is C44H65N7O12S. The summed E-state index contributed by atoms with van der Waals surface area (Å²) in [5.41, 5.74) is 0.385. The normalized spacial score (nSPS) is 19.4. The number of ether oxygens (including phenoxy) is 3. The van der Waals surface area contributed by atoms with Gasteiger partial charge < -0.3 is 44.0 Å². The van der Waals surface area contributed by atoms with Gasteiger partial charge >= 0.3 is 18.3 Å². The lowest BCUT2D eigenvalue weighted by atomic mass is 10.0. The Hall–Kier alpha value is -5.24. The van der Waals surface area contributed by atoms with E-state index in [4.69, 9.17) is 18.6 Å². The number of ketones is 1. The van der Waals surface area contributed by atoms with Crippen molar-refractivity contribution in [3.63, 3.8) is 0 Å². The van der Waals surface area contributed by atoms with E-state index in [1.54, 1.807) is 81.7 Å². The number of Topliss-reactive ketones (excluding diaryl/α,β-unsaturated/α-hetero) is 1. The highest BCUT2D eigenvalue weighted by molar-refractivity contribution is 7.88. The lowest BCUT2D eigenvalue weighted by Crippen LogP contribution is -2.55. The minimum absolute atomic E-state index is 0.0626. The maximum Gasteiger partial charge on any atom is 0.410 e. The Kier molecular flexibility index (Phi) is 16.8. The van der Waals surface area contributed by atoms with E-state index in [9.17, 15) is 37.2 Å². The summed E-state index contributed by atoms with van der Waals surface area (Å²) in [6.45, 7) is 12.4. The Labute approximate surface area is 375 Å². The fourth-order valence-electron chi connectivity index (χ4n) is 7.76. The number of fused-ring (bicyclic) bond motifs is 1. The number of alkyl carbamates (subject to hydrolysis) is 1. The minimum atomic E-state index is -3.96. The number of nitrogens with one attached hydrogen (secondary N) is 3. The van der Waals surface area contributed by atoms with E-state index in [-0.39, 0.29) is 38.2 Å². The Morgan fingerprint density at radius 1 is 0.875 bits per heavy atom. The molecule has 3 N–H and O–H groups in total. The molecule has 0 bridgehead atoms. The first-order chi connectivity index (χ1) is 30.0. The highest BCUT2D eigenvalue weighted by Gasteiger charge is 2.45. The topological polar surface area (TPSA) is 236 Å². The molecule has 0 saturated carbocycles. The number of amides is 5. The quantitative estimate of drug-likeness (QED) is 0.0920. The van der Waals surface area contributed by atoms with Crippen LogP contribution in [0.2, 0.25) is 0 Å². The number of likely N-dealkylation sites (tertiary alicyclic amines) is 3. The predicted molar refractivity (Wildman–Crippen MR) is 236 cm³/mol. The fraction of sp³-hybridized carbons (Fsp3) is 0.659. The summed E-state index contributed by atoms with van der Waals surface area (Å²) in [5, 5.41) is 5.50. The number of hydrogen-bond donors (Lipinski definition) is 3. The molecule has 3 saturated heterocycles. The van der Waals surface area contributed by atoms with Gasteiger partial charge in [0.1, 0.15) is 34.9 Å². The van der Waals surface area contributed by atoms with Crippen LogP contribution in [0.25, 0.3) is 11.1 Å². The van der Waals surface area contributed by atoms with E-state index in [2.05, 4.69) is 20.3 Å². The van der Waals surface area contributed by atoms with Crippen LogP contribution in [0.3, 0.4) is 0 Å². The number of rotatable bonds is 15. The van der Waals surface area contributed by atoms with Crippen molar-refractivity contribution in [2.24, 2.45) is 0 Å². The van der Waals surface area contributed by atoms with Gasteiger partial charge in [0.15, 0.2) is 5.58 Å². The van der Waals surface area contributed by atoms with Crippen molar-refractivity contribution < 1.29 is 55.8 Å². The minimum Gasteiger partial charge on any atom is -0.444 e. The SMILES string of the molecule is CC(C)(C)OC(=O)NCCCC[C@H](NC(=O)[C@@H]1C[C@@H](OC(=O)N2CCCCC2)CN1C(=O)[C@@H](CC=C1CCN(C(=O)OC(C)(C)C)CC1)NS(C)(=O)=O)C(=O)c1nc2ccccc2o1. The van der Waals surface area contributed by atoms with Gasteiger partial charge in [-0.15, -0.1) is 0 Å². The zero-order chi connectivity index (χ0) is 46.8. The first kappa shape index (κ1) is 49.8. The number of carbonyl (C=O) groups is 6. The first-order valence-corrected chi connectivity index (χ1v) is 24.0. The molecular weight excluding hydrogens is 851 g/mol. The van der Waals surface area contributed by atoms with Gasteiger partial charge in [-0.25, -0.2) is 32.5 Å². The number of sulfonamides is 1. The van der Waals surface area contributed by atoms with Crippen LogP contribution in [-0.4, -0.2) is 145 Å². The van der Waals surface area contributed by atoms with Gasteiger partial charge in [0, 0.05) is 39.1 Å². The molecule has 20 heteroatoms.